The van der Waals surface area contributed by atoms with Crippen LogP contribution in [0.1, 0.15) is 17.3 Å². The number of carbonyl (C=O) groups is 1. The number of carboxylic acid groups (broad SMARTS) is 1. The molecule has 1 aromatic rings. The molecule has 0 saturated carbocycles. The van der Waals surface area contributed by atoms with Crippen LogP contribution in [0.5, 0.6) is 5.75 Å². The molecule has 0 unspecified atom stereocenters. The summed E-state index contributed by atoms with van der Waals surface area (Å²) >= 11 is 1.98. The van der Waals surface area contributed by atoms with Crippen molar-refractivity contribution < 1.29 is 14.6 Å². The van der Waals surface area contributed by atoms with Crippen LogP contribution in [0.25, 0.3) is 0 Å². The molecular formula is C9H9IO3. The number of carboxylic acids is 1. The lowest BCUT2D eigenvalue weighted by Gasteiger charge is -2.04. The summed E-state index contributed by atoms with van der Waals surface area (Å²) in [7, 11) is 0. The van der Waals surface area contributed by atoms with Gasteiger partial charge in [-0.2, -0.15) is 0 Å². The van der Waals surface area contributed by atoms with Gasteiger partial charge in [0, 0.05) is 3.57 Å². The van der Waals surface area contributed by atoms with Crippen LogP contribution in [0, 0.1) is 3.57 Å². The molecule has 0 atom stereocenters. The van der Waals surface area contributed by atoms with Gasteiger partial charge in [0.05, 0.1) is 12.2 Å². The van der Waals surface area contributed by atoms with Crippen LogP contribution in [-0.4, -0.2) is 17.7 Å². The Morgan fingerprint density at radius 3 is 2.85 bits per heavy atom. The molecule has 1 aromatic carbocycles. The lowest BCUT2D eigenvalue weighted by atomic mass is 10.2. The molecule has 1 N–H and O–H groups in total. The molecule has 0 aliphatic carbocycles. The fourth-order valence-corrected chi connectivity index (χ4v) is 1.49. The van der Waals surface area contributed by atoms with Crippen LogP contribution in [0.2, 0.25) is 0 Å². The van der Waals surface area contributed by atoms with Crippen molar-refractivity contribution in [2.75, 3.05) is 6.61 Å². The molecule has 3 nitrogen and oxygen atoms in total. The van der Waals surface area contributed by atoms with Gasteiger partial charge in [0.2, 0.25) is 0 Å². The zero-order valence-electron chi connectivity index (χ0n) is 7.08. The predicted octanol–water partition coefficient (Wildman–Crippen LogP) is 2.39. The molecule has 0 aliphatic heterocycles. The van der Waals surface area contributed by atoms with E-state index in [0.29, 0.717) is 15.9 Å². The highest BCUT2D eigenvalue weighted by molar-refractivity contribution is 14.1. The van der Waals surface area contributed by atoms with E-state index in [9.17, 15) is 4.79 Å². The van der Waals surface area contributed by atoms with E-state index in [0.717, 1.165) is 0 Å². The van der Waals surface area contributed by atoms with Crippen molar-refractivity contribution in [1.29, 1.82) is 0 Å². The maximum absolute atomic E-state index is 10.7. The number of hydrogen-bond acceptors (Lipinski definition) is 2. The van der Waals surface area contributed by atoms with E-state index in [1.54, 1.807) is 12.1 Å². The molecule has 0 saturated heterocycles. The topological polar surface area (TPSA) is 46.5 Å². The summed E-state index contributed by atoms with van der Waals surface area (Å²) in [6.07, 6.45) is 0. The summed E-state index contributed by atoms with van der Waals surface area (Å²) in [4.78, 5) is 10.7. The van der Waals surface area contributed by atoms with Gasteiger partial charge in [-0.25, -0.2) is 4.79 Å². The Morgan fingerprint density at radius 1 is 1.62 bits per heavy atom. The van der Waals surface area contributed by atoms with Crippen LogP contribution < -0.4 is 4.74 Å². The van der Waals surface area contributed by atoms with Gasteiger partial charge >= 0.3 is 5.97 Å². The van der Waals surface area contributed by atoms with Crippen molar-refractivity contribution in [3.05, 3.63) is 27.3 Å². The second kappa shape index (κ2) is 4.45. The van der Waals surface area contributed by atoms with Gasteiger partial charge in [-0.3, -0.25) is 0 Å². The predicted molar refractivity (Wildman–Crippen MR) is 57.3 cm³/mol. The van der Waals surface area contributed by atoms with E-state index in [-0.39, 0.29) is 5.56 Å². The highest BCUT2D eigenvalue weighted by atomic mass is 127. The Labute approximate surface area is 89.9 Å². The lowest BCUT2D eigenvalue weighted by molar-refractivity contribution is 0.0695. The highest BCUT2D eigenvalue weighted by Crippen LogP contribution is 2.19. The molecule has 0 aliphatic rings. The quantitative estimate of drug-likeness (QED) is 0.870. The smallest absolute Gasteiger partial charge is 0.336 e. The number of benzene rings is 1. The molecule has 4 heteroatoms. The second-order valence-corrected chi connectivity index (χ2v) is 3.54. The summed E-state index contributed by atoms with van der Waals surface area (Å²) in [5.74, 6) is -0.328. The van der Waals surface area contributed by atoms with Gasteiger partial charge in [0.15, 0.2) is 0 Å². The monoisotopic (exact) mass is 292 g/mol. The summed E-state index contributed by atoms with van der Waals surface area (Å²) in [6.45, 7) is 2.40. The van der Waals surface area contributed by atoms with Crippen molar-refractivity contribution in [2.24, 2.45) is 0 Å². The first kappa shape index (κ1) is 10.3. The first-order valence-corrected chi connectivity index (χ1v) is 4.88. The average Bonchev–Trinajstić information content (AvgIpc) is 2.08. The van der Waals surface area contributed by atoms with Crippen LogP contribution in [0.3, 0.4) is 0 Å². The van der Waals surface area contributed by atoms with Crippen molar-refractivity contribution in [3.63, 3.8) is 0 Å². The van der Waals surface area contributed by atoms with Crippen molar-refractivity contribution >= 4 is 28.6 Å². The maximum Gasteiger partial charge on any atom is 0.336 e. The second-order valence-electron chi connectivity index (χ2n) is 2.38. The zero-order chi connectivity index (χ0) is 9.84. The van der Waals surface area contributed by atoms with Gasteiger partial charge in [-0.15, -0.1) is 0 Å². The van der Waals surface area contributed by atoms with Crippen LogP contribution >= 0.6 is 22.6 Å². The maximum atomic E-state index is 10.7. The van der Waals surface area contributed by atoms with Crippen molar-refractivity contribution in [1.82, 2.24) is 0 Å². The first-order chi connectivity index (χ1) is 6.15. The summed E-state index contributed by atoms with van der Waals surface area (Å²) < 4.78 is 5.90. The molecule has 70 valence electrons. The molecule has 0 amide bonds. The number of hydrogen-bond donors (Lipinski definition) is 1. The summed E-state index contributed by atoms with van der Waals surface area (Å²) in [5.41, 5.74) is 0.284. The van der Waals surface area contributed by atoms with Gasteiger partial charge in [-0.1, -0.05) is 0 Å². The van der Waals surface area contributed by atoms with Gasteiger partial charge in [0.25, 0.3) is 0 Å². The Bertz CT molecular complexity index is 323. The first-order valence-electron chi connectivity index (χ1n) is 3.80. The largest absolute Gasteiger partial charge is 0.494 e. The minimum atomic E-state index is -0.925. The van der Waals surface area contributed by atoms with E-state index in [1.807, 2.05) is 29.5 Å². The molecular weight excluding hydrogens is 283 g/mol. The molecule has 0 spiro atoms. The van der Waals surface area contributed by atoms with Crippen LogP contribution in [0.15, 0.2) is 18.2 Å². The molecule has 0 aromatic heterocycles. The highest BCUT2D eigenvalue weighted by Gasteiger charge is 2.08. The van der Waals surface area contributed by atoms with E-state index < -0.39 is 5.97 Å². The minimum absolute atomic E-state index is 0.284. The standard InChI is InChI=1S/C9H9IO3/c1-2-13-6-3-4-8(10)7(5-6)9(11)12/h3-5H,2H2,1H3,(H,11,12). The van der Waals surface area contributed by atoms with Crippen molar-refractivity contribution in [2.45, 2.75) is 6.92 Å². The van der Waals surface area contributed by atoms with E-state index >= 15 is 0 Å². The Balaban J connectivity index is 3.04. The Morgan fingerprint density at radius 2 is 2.31 bits per heavy atom. The number of rotatable bonds is 3. The molecule has 0 radical (unpaired) electrons. The van der Waals surface area contributed by atoms with E-state index in [4.69, 9.17) is 9.84 Å². The van der Waals surface area contributed by atoms with Crippen LogP contribution in [-0.2, 0) is 0 Å². The van der Waals surface area contributed by atoms with Gasteiger partial charge in [0.1, 0.15) is 5.75 Å². The third-order valence-corrected chi connectivity index (χ3v) is 2.42. The third-order valence-electron chi connectivity index (χ3n) is 1.48. The summed E-state index contributed by atoms with van der Waals surface area (Å²) in [5, 5.41) is 8.80. The molecule has 0 fully saturated rings. The van der Waals surface area contributed by atoms with Crippen LogP contribution in [0.4, 0.5) is 0 Å². The number of aromatic carboxylic acids is 1. The lowest BCUT2D eigenvalue weighted by Crippen LogP contribution is -2.01. The molecule has 0 heterocycles. The Kier molecular flexibility index (Phi) is 3.53. The number of ether oxygens (including phenoxy) is 1. The van der Waals surface area contributed by atoms with Gasteiger partial charge in [-0.05, 0) is 47.7 Å². The Hall–Kier alpha value is -0.780. The third kappa shape index (κ3) is 2.58. The zero-order valence-corrected chi connectivity index (χ0v) is 9.24. The fraction of sp³-hybridized carbons (Fsp3) is 0.222. The van der Waals surface area contributed by atoms with Gasteiger partial charge < -0.3 is 9.84 Å². The summed E-state index contributed by atoms with van der Waals surface area (Å²) in [6, 6.07) is 5.03. The van der Waals surface area contributed by atoms with E-state index in [2.05, 4.69) is 0 Å². The molecule has 13 heavy (non-hydrogen) atoms. The molecule has 0 bridgehead atoms. The average molecular weight is 292 g/mol. The minimum Gasteiger partial charge on any atom is -0.494 e. The SMILES string of the molecule is CCOc1ccc(I)c(C(=O)O)c1. The van der Waals surface area contributed by atoms with E-state index in [1.165, 1.54) is 6.07 Å². The normalized spacial score (nSPS) is 9.69. The van der Waals surface area contributed by atoms with Crippen molar-refractivity contribution in [3.8, 4) is 5.75 Å². The molecule has 1 rings (SSSR count). The number of halogens is 1. The fourth-order valence-electron chi connectivity index (χ4n) is 0.925.